The lowest BCUT2D eigenvalue weighted by molar-refractivity contribution is -0.145. The molecule has 1 aromatic carbocycles. The van der Waals surface area contributed by atoms with Crippen molar-refractivity contribution in [3.63, 3.8) is 0 Å². The van der Waals surface area contributed by atoms with Crippen molar-refractivity contribution in [3.8, 4) is 10.4 Å². The highest BCUT2D eigenvalue weighted by atomic mass is 32.1. The molecule has 1 saturated heterocycles. The number of hydrogen-bond donors (Lipinski definition) is 3. The van der Waals surface area contributed by atoms with Crippen LogP contribution in [0.4, 0.5) is 8.78 Å². The first kappa shape index (κ1) is 27.1. The topological polar surface area (TPSA) is 112 Å². The molecule has 2 aliphatic rings. The first-order valence-corrected chi connectivity index (χ1v) is 13.1. The van der Waals surface area contributed by atoms with Crippen LogP contribution in [-0.2, 0) is 20.9 Å². The number of hydrogen-bond acceptors (Lipinski definition) is 6. The van der Waals surface area contributed by atoms with Crippen LogP contribution in [0.3, 0.4) is 0 Å². The Morgan fingerprint density at radius 1 is 1.24 bits per heavy atom. The molecule has 8 nitrogen and oxygen atoms in total. The summed E-state index contributed by atoms with van der Waals surface area (Å²) in [6.07, 6.45) is -3.41. The third kappa shape index (κ3) is 5.67. The fraction of sp³-hybridized carbons (Fsp3) is 0.538. The van der Waals surface area contributed by atoms with Gasteiger partial charge in [0.15, 0.2) is 11.8 Å². The van der Waals surface area contributed by atoms with Gasteiger partial charge >= 0.3 is 0 Å². The van der Waals surface area contributed by atoms with Crippen LogP contribution >= 0.6 is 11.3 Å². The van der Waals surface area contributed by atoms with Crippen molar-refractivity contribution in [1.82, 2.24) is 20.5 Å². The maximum atomic E-state index is 15.0. The Morgan fingerprint density at radius 2 is 1.89 bits per heavy atom. The summed E-state index contributed by atoms with van der Waals surface area (Å²) in [6.45, 7) is 6.64. The second kappa shape index (κ2) is 10.1. The molecule has 1 aromatic heterocycles. The summed E-state index contributed by atoms with van der Waals surface area (Å²) >= 11 is 1.53. The number of aliphatic hydroxyl groups is 1. The molecule has 1 aliphatic heterocycles. The summed E-state index contributed by atoms with van der Waals surface area (Å²) in [5, 5.41) is 15.3. The Hall–Kier alpha value is -2.92. The number of β-amino-alcohol motifs (C(OH)–C–C–N with tert-alkyl or cyclic N) is 1. The molecular weight excluding hydrogens is 502 g/mol. The summed E-state index contributed by atoms with van der Waals surface area (Å²) in [6, 6.07) is 4.70. The van der Waals surface area contributed by atoms with Gasteiger partial charge in [-0.3, -0.25) is 14.4 Å². The minimum Gasteiger partial charge on any atom is -0.388 e. The number of amides is 3. The number of nitrogens with zero attached hydrogens (tertiary/aromatic N) is 2. The molecule has 0 radical (unpaired) electrons. The normalized spacial score (nSPS) is 23.4. The third-order valence-corrected chi connectivity index (χ3v) is 7.83. The van der Waals surface area contributed by atoms with Crippen molar-refractivity contribution in [1.29, 1.82) is 0 Å². The third-order valence-electron chi connectivity index (χ3n) is 6.85. The smallest absolute Gasteiger partial charge is 0.258 e. The van der Waals surface area contributed by atoms with E-state index in [1.807, 2.05) is 31.2 Å². The van der Waals surface area contributed by atoms with Crippen LogP contribution in [-0.4, -0.2) is 69.3 Å². The Balaban J connectivity index is 1.46. The zero-order valence-electron chi connectivity index (χ0n) is 21.3. The van der Waals surface area contributed by atoms with Gasteiger partial charge in [0.1, 0.15) is 18.2 Å². The summed E-state index contributed by atoms with van der Waals surface area (Å²) in [5.41, 5.74) is 1.60. The van der Waals surface area contributed by atoms with E-state index in [2.05, 4.69) is 15.6 Å². The highest BCUT2D eigenvalue weighted by Crippen LogP contribution is 2.40. The summed E-state index contributed by atoms with van der Waals surface area (Å²) < 4.78 is 29.3. The predicted molar refractivity (Wildman–Crippen MR) is 135 cm³/mol. The Bertz CT molecular complexity index is 1180. The molecule has 3 N–H and O–H groups in total. The molecular formula is C26H32F2N4O4S. The average molecular weight is 535 g/mol. The van der Waals surface area contributed by atoms with Crippen molar-refractivity contribution < 1.29 is 28.3 Å². The molecule has 1 unspecified atom stereocenters. The Labute approximate surface area is 218 Å². The highest BCUT2D eigenvalue weighted by molar-refractivity contribution is 7.13. The number of halogens is 2. The number of aliphatic hydroxyl groups excluding tert-OH is 1. The van der Waals surface area contributed by atoms with E-state index in [4.69, 9.17) is 0 Å². The molecule has 0 spiro atoms. The van der Waals surface area contributed by atoms with Crippen LogP contribution in [0.5, 0.6) is 0 Å². The number of aryl methyl sites for hydroxylation is 1. The van der Waals surface area contributed by atoms with Gasteiger partial charge in [0.25, 0.3) is 5.91 Å². The van der Waals surface area contributed by atoms with Crippen molar-refractivity contribution >= 4 is 29.1 Å². The van der Waals surface area contributed by atoms with Gasteiger partial charge in [-0.2, -0.15) is 0 Å². The molecule has 200 valence electrons. The van der Waals surface area contributed by atoms with Crippen LogP contribution in [0.1, 0.15) is 44.9 Å². The largest absolute Gasteiger partial charge is 0.388 e. The van der Waals surface area contributed by atoms with E-state index in [0.29, 0.717) is 0 Å². The molecule has 2 fully saturated rings. The lowest BCUT2D eigenvalue weighted by atomic mass is 9.85. The second-order valence-corrected chi connectivity index (χ2v) is 11.7. The first-order chi connectivity index (χ1) is 17.3. The number of thiazole rings is 1. The van der Waals surface area contributed by atoms with Gasteiger partial charge in [-0.1, -0.05) is 45.0 Å². The maximum absolute atomic E-state index is 15.0. The van der Waals surface area contributed by atoms with Crippen LogP contribution < -0.4 is 10.6 Å². The van der Waals surface area contributed by atoms with Gasteiger partial charge in [-0.05, 0) is 36.3 Å². The minimum atomic E-state index is -2.01. The van der Waals surface area contributed by atoms with Gasteiger partial charge < -0.3 is 20.6 Å². The molecule has 4 rings (SSSR count). The van der Waals surface area contributed by atoms with E-state index in [-0.39, 0.29) is 19.4 Å². The Morgan fingerprint density at radius 3 is 2.43 bits per heavy atom. The van der Waals surface area contributed by atoms with Crippen molar-refractivity contribution in [3.05, 3.63) is 41.0 Å². The number of nitrogens with one attached hydrogen (secondary N) is 2. The van der Waals surface area contributed by atoms with Gasteiger partial charge in [0.05, 0.1) is 22.6 Å². The van der Waals surface area contributed by atoms with Gasteiger partial charge in [0.2, 0.25) is 11.8 Å². The van der Waals surface area contributed by atoms with Gasteiger partial charge in [-0.25, -0.2) is 13.8 Å². The lowest BCUT2D eigenvalue weighted by Gasteiger charge is -2.35. The standard InChI is InChI=1S/C26H32F2N4O4S/c1-14-20(37-13-30-14)16-7-5-15(6-8-16)11-29-22(34)19-18(27)17(33)12-32(19)23(35)21(25(2,3)4)31-24(36)26(28)9-10-26/h5-8,13,17-19,21,33H,9-12H2,1-4H3,(H,29,34)(H,31,36)/t17-,18+,19-,21?/m0/s1. The fourth-order valence-corrected chi connectivity index (χ4v) is 5.18. The minimum absolute atomic E-state index is 0.0781. The van der Waals surface area contributed by atoms with Crippen LogP contribution in [0.2, 0.25) is 0 Å². The van der Waals surface area contributed by atoms with Crippen molar-refractivity contribution in [2.75, 3.05) is 6.54 Å². The number of rotatable bonds is 7. The molecule has 0 bridgehead atoms. The SMILES string of the molecule is Cc1ncsc1-c1ccc(CNC(=O)[C@@H]2[C@H](F)[C@@H](O)CN2C(=O)C(NC(=O)C2(F)CC2)C(C)(C)C)cc1. The summed E-state index contributed by atoms with van der Waals surface area (Å²) in [4.78, 5) is 45.1. The van der Waals surface area contributed by atoms with E-state index in [0.717, 1.165) is 26.6 Å². The van der Waals surface area contributed by atoms with Gasteiger partial charge in [-0.15, -0.1) is 11.3 Å². The van der Waals surface area contributed by atoms with Crippen LogP contribution in [0, 0.1) is 12.3 Å². The molecule has 37 heavy (non-hydrogen) atoms. The number of likely N-dealkylation sites (tertiary alicyclic amines) is 1. The zero-order valence-corrected chi connectivity index (χ0v) is 22.1. The predicted octanol–water partition coefficient (Wildman–Crippen LogP) is 2.68. The van der Waals surface area contributed by atoms with Crippen LogP contribution in [0.25, 0.3) is 10.4 Å². The van der Waals surface area contributed by atoms with Gasteiger partial charge in [0, 0.05) is 6.54 Å². The van der Waals surface area contributed by atoms with E-state index in [9.17, 15) is 28.3 Å². The van der Waals surface area contributed by atoms with E-state index < -0.39 is 59.7 Å². The molecule has 4 atom stereocenters. The average Bonchev–Trinajstić information content (AvgIpc) is 3.34. The summed E-state index contributed by atoms with van der Waals surface area (Å²) in [7, 11) is 0. The molecule has 2 heterocycles. The highest BCUT2D eigenvalue weighted by Gasteiger charge is 2.54. The number of carbonyl (C=O) groups excluding carboxylic acids is 3. The van der Waals surface area contributed by atoms with E-state index >= 15 is 0 Å². The summed E-state index contributed by atoms with van der Waals surface area (Å²) in [5.74, 6) is -2.40. The molecule has 3 amide bonds. The van der Waals surface area contributed by atoms with Crippen molar-refractivity contribution in [2.45, 2.75) is 77.1 Å². The monoisotopic (exact) mass is 534 g/mol. The molecule has 2 aromatic rings. The first-order valence-electron chi connectivity index (χ1n) is 12.2. The van der Waals surface area contributed by atoms with E-state index in [1.165, 1.54) is 11.3 Å². The number of aromatic nitrogens is 1. The van der Waals surface area contributed by atoms with Crippen LogP contribution in [0.15, 0.2) is 29.8 Å². The lowest BCUT2D eigenvalue weighted by Crippen LogP contribution is -2.59. The molecule has 1 saturated carbocycles. The molecule has 1 aliphatic carbocycles. The molecule has 11 heteroatoms. The second-order valence-electron chi connectivity index (χ2n) is 10.9. The number of benzene rings is 1. The number of alkyl halides is 2. The number of carbonyl (C=O) groups is 3. The quantitative estimate of drug-likeness (QED) is 0.506. The fourth-order valence-electron chi connectivity index (χ4n) is 4.37. The van der Waals surface area contributed by atoms with Crippen molar-refractivity contribution in [2.24, 2.45) is 5.41 Å². The zero-order chi connectivity index (χ0) is 27.1. The Kier molecular flexibility index (Phi) is 7.40. The maximum Gasteiger partial charge on any atom is 0.258 e. The van der Waals surface area contributed by atoms with E-state index in [1.54, 1.807) is 26.3 Å².